The Morgan fingerprint density at radius 2 is 2.16 bits per heavy atom. The third kappa shape index (κ3) is 3.09. The number of carbonyl (C=O) groups is 1. The molecule has 19 heavy (non-hydrogen) atoms. The van der Waals surface area contributed by atoms with Gasteiger partial charge in [-0.05, 0) is 24.6 Å². The van der Waals surface area contributed by atoms with Gasteiger partial charge in [0.1, 0.15) is 10.7 Å². The maximum absolute atomic E-state index is 12.0. The molecule has 0 aliphatic heterocycles. The van der Waals surface area contributed by atoms with Crippen LogP contribution in [-0.4, -0.2) is 24.5 Å². The molecule has 0 saturated heterocycles. The van der Waals surface area contributed by atoms with Crippen LogP contribution in [0.25, 0.3) is 0 Å². The number of hydrogen-bond acceptors (Lipinski definition) is 5. The monoisotopic (exact) mass is 298 g/mol. The van der Waals surface area contributed by atoms with Crippen LogP contribution in [0.3, 0.4) is 0 Å². The van der Waals surface area contributed by atoms with E-state index < -0.39 is 16.0 Å². The number of aryl methyl sites for hydroxylation is 1. The quantitative estimate of drug-likeness (QED) is 0.899. The molecule has 2 aromatic rings. The summed E-state index contributed by atoms with van der Waals surface area (Å²) in [6, 6.07) is 4.38. The molecule has 0 radical (unpaired) electrons. The average Bonchev–Trinajstić information content (AvgIpc) is 2.82. The third-order valence-electron chi connectivity index (χ3n) is 2.25. The summed E-state index contributed by atoms with van der Waals surface area (Å²) >= 11 is 0.858. The van der Waals surface area contributed by atoms with Gasteiger partial charge in [0, 0.05) is 11.6 Å². The first-order chi connectivity index (χ1) is 8.88. The Bertz CT molecular complexity index is 705. The maximum atomic E-state index is 12.0. The van der Waals surface area contributed by atoms with E-state index in [-0.39, 0.29) is 15.6 Å². The highest BCUT2D eigenvalue weighted by Gasteiger charge is 2.18. The molecule has 0 fully saturated rings. The molecule has 0 spiro atoms. The number of nitrogens with zero attached hydrogens (tertiary/aromatic N) is 1. The molecule has 2 N–H and O–H groups in total. The van der Waals surface area contributed by atoms with Gasteiger partial charge in [-0.2, -0.15) is 0 Å². The van der Waals surface area contributed by atoms with Crippen molar-refractivity contribution >= 4 is 33.1 Å². The van der Waals surface area contributed by atoms with E-state index in [9.17, 15) is 13.2 Å². The summed E-state index contributed by atoms with van der Waals surface area (Å²) in [6.45, 7) is 1.84. The average molecular weight is 298 g/mol. The molecule has 2 rings (SSSR count). The van der Waals surface area contributed by atoms with E-state index in [1.165, 1.54) is 17.6 Å². The van der Waals surface area contributed by atoms with Crippen LogP contribution in [0.1, 0.15) is 15.2 Å². The molecule has 0 atom stereocenters. The molecular formula is C11H10N2O4S2. The van der Waals surface area contributed by atoms with E-state index in [2.05, 4.69) is 9.71 Å². The normalized spacial score (nSPS) is 11.2. The highest BCUT2D eigenvalue weighted by Crippen LogP contribution is 2.21. The Labute approximate surface area is 113 Å². The molecule has 6 nitrogen and oxygen atoms in total. The molecule has 0 aliphatic rings. The SMILES string of the molecule is Cc1ccc(NS(=O)(=O)c2csc(C(=O)O)c2)nc1. The van der Waals surface area contributed by atoms with Crippen LogP contribution in [0.2, 0.25) is 0 Å². The second kappa shape index (κ2) is 4.98. The molecular weight excluding hydrogens is 288 g/mol. The van der Waals surface area contributed by atoms with Crippen LogP contribution in [-0.2, 0) is 10.0 Å². The molecule has 100 valence electrons. The van der Waals surface area contributed by atoms with E-state index in [1.807, 2.05) is 6.92 Å². The highest BCUT2D eigenvalue weighted by atomic mass is 32.2. The Hall–Kier alpha value is -1.93. The van der Waals surface area contributed by atoms with Crippen molar-refractivity contribution in [1.82, 2.24) is 4.98 Å². The van der Waals surface area contributed by atoms with E-state index in [0.717, 1.165) is 23.0 Å². The first-order valence-corrected chi connectivity index (χ1v) is 7.52. The topological polar surface area (TPSA) is 96.4 Å². The summed E-state index contributed by atoms with van der Waals surface area (Å²) < 4.78 is 26.3. The Balaban J connectivity index is 2.26. The van der Waals surface area contributed by atoms with Crippen LogP contribution in [0.15, 0.2) is 34.7 Å². The minimum absolute atomic E-state index is 0.0303. The molecule has 0 amide bonds. The zero-order valence-electron chi connectivity index (χ0n) is 9.82. The number of carboxylic acid groups (broad SMARTS) is 1. The van der Waals surface area contributed by atoms with E-state index in [4.69, 9.17) is 5.11 Å². The molecule has 0 aromatic carbocycles. The van der Waals surface area contributed by atoms with Crippen molar-refractivity contribution in [1.29, 1.82) is 0 Å². The van der Waals surface area contributed by atoms with E-state index in [0.29, 0.717) is 0 Å². The Kier molecular flexibility index (Phi) is 3.54. The first kappa shape index (κ1) is 13.5. The number of rotatable bonds is 4. The number of hydrogen-bond donors (Lipinski definition) is 2. The van der Waals surface area contributed by atoms with E-state index in [1.54, 1.807) is 6.07 Å². The number of aromatic carboxylic acids is 1. The standard InChI is InChI=1S/C11H10N2O4S2/c1-7-2-3-10(12-5-7)13-19(16,17)8-4-9(11(14)15)18-6-8/h2-6H,1H3,(H,12,13)(H,14,15). The number of thiophene rings is 1. The van der Waals surface area contributed by atoms with Crippen molar-refractivity contribution in [2.24, 2.45) is 0 Å². The number of sulfonamides is 1. The van der Waals surface area contributed by atoms with E-state index >= 15 is 0 Å². The second-order valence-corrected chi connectivity index (χ2v) is 6.37. The second-order valence-electron chi connectivity index (χ2n) is 3.78. The lowest BCUT2D eigenvalue weighted by atomic mass is 10.3. The van der Waals surface area contributed by atoms with Gasteiger partial charge < -0.3 is 5.11 Å². The van der Waals surface area contributed by atoms with Crippen LogP contribution in [0.4, 0.5) is 5.82 Å². The van der Waals surface area contributed by atoms with Gasteiger partial charge in [0.25, 0.3) is 10.0 Å². The Morgan fingerprint density at radius 3 is 2.68 bits per heavy atom. The molecule has 0 unspecified atom stereocenters. The summed E-state index contributed by atoms with van der Waals surface area (Å²) in [4.78, 5) is 14.5. The zero-order chi connectivity index (χ0) is 14.0. The summed E-state index contributed by atoms with van der Waals surface area (Å²) in [5.74, 6) is -0.964. The fourth-order valence-corrected chi connectivity index (χ4v) is 3.42. The van der Waals surface area contributed by atoms with Crippen molar-refractivity contribution in [3.8, 4) is 0 Å². The van der Waals surface area contributed by atoms with Gasteiger partial charge in [0.15, 0.2) is 0 Å². The smallest absolute Gasteiger partial charge is 0.345 e. The molecule has 2 heterocycles. The van der Waals surface area contributed by atoms with Gasteiger partial charge in [-0.3, -0.25) is 4.72 Å². The highest BCUT2D eigenvalue weighted by molar-refractivity contribution is 7.92. The van der Waals surface area contributed by atoms with Gasteiger partial charge >= 0.3 is 5.97 Å². The van der Waals surface area contributed by atoms with Crippen molar-refractivity contribution in [3.63, 3.8) is 0 Å². The third-order valence-corrected chi connectivity index (χ3v) is 4.65. The van der Waals surface area contributed by atoms with Crippen LogP contribution in [0.5, 0.6) is 0 Å². The van der Waals surface area contributed by atoms with Crippen molar-refractivity contribution in [2.75, 3.05) is 4.72 Å². The fraction of sp³-hybridized carbons (Fsp3) is 0.0909. The lowest BCUT2D eigenvalue weighted by Gasteiger charge is -2.05. The number of pyridine rings is 1. The largest absolute Gasteiger partial charge is 0.477 e. The summed E-state index contributed by atoms with van der Waals surface area (Å²) in [5.41, 5.74) is 0.909. The lowest BCUT2D eigenvalue weighted by molar-refractivity contribution is 0.0702. The lowest BCUT2D eigenvalue weighted by Crippen LogP contribution is -2.13. The zero-order valence-corrected chi connectivity index (χ0v) is 11.5. The van der Waals surface area contributed by atoms with Gasteiger partial charge in [0.2, 0.25) is 0 Å². The van der Waals surface area contributed by atoms with Crippen LogP contribution < -0.4 is 4.72 Å². The van der Waals surface area contributed by atoms with Crippen LogP contribution >= 0.6 is 11.3 Å². The molecule has 0 saturated carbocycles. The molecule has 2 aromatic heterocycles. The predicted octanol–water partition coefficient (Wildman–Crippen LogP) is 1.95. The minimum Gasteiger partial charge on any atom is -0.477 e. The van der Waals surface area contributed by atoms with Gasteiger partial charge in [-0.15, -0.1) is 11.3 Å². The van der Waals surface area contributed by atoms with Gasteiger partial charge in [-0.25, -0.2) is 18.2 Å². The number of nitrogens with one attached hydrogen (secondary N) is 1. The van der Waals surface area contributed by atoms with Crippen LogP contribution in [0, 0.1) is 6.92 Å². The maximum Gasteiger partial charge on any atom is 0.345 e. The van der Waals surface area contributed by atoms with Crippen molar-refractivity contribution in [2.45, 2.75) is 11.8 Å². The molecule has 0 aliphatic carbocycles. The number of aromatic nitrogens is 1. The Morgan fingerprint density at radius 1 is 1.42 bits per heavy atom. The molecule has 8 heteroatoms. The summed E-state index contributed by atoms with van der Waals surface area (Å²) in [5, 5.41) is 10.0. The van der Waals surface area contributed by atoms with Crippen molar-refractivity contribution < 1.29 is 18.3 Å². The number of carboxylic acids is 1. The predicted molar refractivity (Wildman–Crippen MR) is 71.1 cm³/mol. The van der Waals surface area contributed by atoms with Gasteiger partial charge in [0.05, 0.1) is 4.90 Å². The van der Waals surface area contributed by atoms with Crippen molar-refractivity contribution in [3.05, 3.63) is 40.2 Å². The molecule has 0 bridgehead atoms. The van der Waals surface area contributed by atoms with Gasteiger partial charge in [-0.1, -0.05) is 6.07 Å². The minimum atomic E-state index is -3.80. The summed E-state index contributed by atoms with van der Waals surface area (Å²) in [6.07, 6.45) is 1.54. The summed E-state index contributed by atoms with van der Waals surface area (Å²) in [7, 11) is -3.80. The first-order valence-electron chi connectivity index (χ1n) is 5.16. The fourth-order valence-electron chi connectivity index (χ4n) is 1.30. The number of anilines is 1.